The molecule has 0 saturated carbocycles. The minimum Gasteiger partial charge on any atom is -0.396 e. The number of sulfone groups is 1. The molecule has 0 unspecified atom stereocenters. The van der Waals surface area contributed by atoms with Crippen molar-refractivity contribution >= 4 is 9.84 Å². The van der Waals surface area contributed by atoms with Gasteiger partial charge in [0.15, 0.2) is 9.84 Å². The van der Waals surface area contributed by atoms with Crippen LogP contribution in [0.25, 0.3) is 0 Å². The molecule has 0 heterocycles. The van der Waals surface area contributed by atoms with Gasteiger partial charge in [0.1, 0.15) is 0 Å². The summed E-state index contributed by atoms with van der Waals surface area (Å²) in [7, 11) is -3.90. The molecule has 8 heteroatoms. The second-order valence-electron chi connectivity index (χ2n) is 3.71. The van der Waals surface area contributed by atoms with E-state index in [1.165, 1.54) is 6.07 Å². The molecular formula is C11H10F3NO3S. The Labute approximate surface area is 108 Å². The quantitative estimate of drug-likeness (QED) is 0.917. The summed E-state index contributed by atoms with van der Waals surface area (Å²) in [4.78, 5) is -0.507. The second-order valence-corrected chi connectivity index (χ2v) is 5.82. The van der Waals surface area contributed by atoms with Crippen molar-refractivity contribution in [1.82, 2.24) is 0 Å². The number of halogens is 3. The maximum Gasteiger partial charge on any atom is 0.417 e. The number of nitriles is 1. The van der Waals surface area contributed by atoms with Gasteiger partial charge in [-0.1, -0.05) is 0 Å². The summed E-state index contributed by atoms with van der Waals surface area (Å²) < 4.78 is 61.4. The maximum absolute atomic E-state index is 12.7. The summed E-state index contributed by atoms with van der Waals surface area (Å²) >= 11 is 0. The Morgan fingerprint density at radius 1 is 1.32 bits per heavy atom. The molecule has 1 rings (SSSR count). The van der Waals surface area contributed by atoms with E-state index in [2.05, 4.69) is 0 Å². The van der Waals surface area contributed by atoms with Gasteiger partial charge < -0.3 is 5.11 Å². The average molecular weight is 293 g/mol. The van der Waals surface area contributed by atoms with Crippen LogP contribution in [0.2, 0.25) is 0 Å². The highest BCUT2D eigenvalue weighted by Gasteiger charge is 2.34. The molecule has 1 N–H and O–H groups in total. The lowest BCUT2D eigenvalue weighted by molar-refractivity contribution is -0.137. The molecule has 1 aromatic rings. The summed E-state index contributed by atoms with van der Waals surface area (Å²) in [5.41, 5.74) is -1.91. The molecule has 0 radical (unpaired) electrons. The number of rotatable bonds is 4. The highest BCUT2D eigenvalue weighted by Crippen LogP contribution is 2.33. The standard InChI is InChI=1S/C11H10F3NO3S/c12-11(13,14)10-6-9(3-2-8(10)7-15)19(17,18)5-1-4-16/h2-3,6,16H,1,4-5H2. The van der Waals surface area contributed by atoms with Crippen LogP contribution in [0, 0.1) is 11.3 Å². The van der Waals surface area contributed by atoms with E-state index in [9.17, 15) is 21.6 Å². The molecule has 19 heavy (non-hydrogen) atoms. The van der Waals surface area contributed by atoms with Gasteiger partial charge in [-0.25, -0.2) is 8.42 Å². The largest absolute Gasteiger partial charge is 0.417 e. The fraction of sp³-hybridized carbons (Fsp3) is 0.364. The Kier molecular flexibility index (Phi) is 4.55. The van der Waals surface area contributed by atoms with Gasteiger partial charge in [0.05, 0.1) is 27.8 Å². The van der Waals surface area contributed by atoms with Crippen LogP contribution in [0.5, 0.6) is 0 Å². The van der Waals surface area contributed by atoms with Gasteiger partial charge in [0.2, 0.25) is 0 Å². The van der Waals surface area contributed by atoms with Crippen molar-refractivity contribution in [2.45, 2.75) is 17.5 Å². The Morgan fingerprint density at radius 3 is 2.42 bits per heavy atom. The van der Waals surface area contributed by atoms with Crippen molar-refractivity contribution in [2.75, 3.05) is 12.4 Å². The van der Waals surface area contributed by atoms with Crippen LogP contribution >= 0.6 is 0 Å². The minimum atomic E-state index is -4.80. The lowest BCUT2D eigenvalue weighted by atomic mass is 10.1. The van der Waals surface area contributed by atoms with Crippen LogP contribution in [0.1, 0.15) is 17.5 Å². The molecule has 1 aromatic carbocycles. The van der Waals surface area contributed by atoms with Gasteiger partial charge in [-0.15, -0.1) is 0 Å². The molecule has 0 aromatic heterocycles. The summed E-state index contributed by atoms with van der Waals surface area (Å²) in [6, 6.07) is 3.61. The van der Waals surface area contributed by atoms with E-state index in [1.54, 1.807) is 0 Å². The van der Waals surface area contributed by atoms with Crippen LogP contribution in [0.4, 0.5) is 13.2 Å². The van der Waals surface area contributed by atoms with E-state index in [-0.39, 0.29) is 13.0 Å². The van der Waals surface area contributed by atoms with Crippen molar-refractivity contribution in [2.24, 2.45) is 0 Å². The third-order valence-electron chi connectivity index (χ3n) is 2.35. The first-order chi connectivity index (χ1) is 8.72. The summed E-state index contributed by atoms with van der Waals surface area (Å²) in [6.07, 6.45) is -4.86. The Hall–Kier alpha value is -1.59. The second kappa shape index (κ2) is 5.59. The summed E-state index contributed by atoms with van der Waals surface area (Å²) in [5.74, 6) is -0.452. The zero-order valence-corrected chi connectivity index (χ0v) is 10.4. The first kappa shape index (κ1) is 15.5. The first-order valence-corrected chi connectivity index (χ1v) is 6.82. The molecule has 104 valence electrons. The lowest BCUT2D eigenvalue weighted by Crippen LogP contribution is -2.12. The normalized spacial score (nSPS) is 12.2. The van der Waals surface area contributed by atoms with Gasteiger partial charge in [0.25, 0.3) is 0 Å². The SMILES string of the molecule is N#Cc1ccc(S(=O)(=O)CCCO)cc1C(F)(F)F. The van der Waals surface area contributed by atoms with Gasteiger partial charge >= 0.3 is 6.18 Å². The van der Waals surface area contributed by atoms with Crippen LogP contribution in [0.15, 0.2) is 23.1 Å². The zero-order chi connectivity index (χ0) is 14.7. The Bertz CT molecular complexity index is 603. The fourth-order valence-corrected chi connectivity index (χ4v) is 2.74. The lowest BCUT2D eigenvalue weighted by Gasteiger charge is -2.11. The van der Waals surface area contributed by atoms with Crippen molar-refractivity contribution in [1.29, 1.82) is 5.26 Å². The van der Waals surface area contributed by atoms with E-state index in [0.29, 0.717) is 6.07 Å². The Balaban J connectivity index is 3.31. The fourth-order valence-electron chi connectivity index (χ4n) is 1.42. The number of aliphatic hydroxyl groups excluding tert-OH is 1. The molecule has 0 fully saturated rings. The third-order valence-corrected chi connectivity index (χ3v) is 4.15. The van der Waals surface area contributed by atoms with Gasteiger partial charge in [0, 0.05) is 6.61 Å². The summed E-state index contributed by atoms with van der Waals surface area (Å²) in [5, 5.41) is 17.1. The third kappa shape index (κ3) is 3.68. The minimum absolute atomic E-state index is 0.0658. The predicted octanol–water partition coefficient (Wildman–Crippen LogP) is 1.73. The number of nitrogens with zero attached hydrogens (tertiary/aromatic N) is 1. The van der Waals surface area contributed by atoms with Crippen molar-refractivity contribution in [3.8, 4) is 6.07 Å². The van der Waals surface area contributed by atoms with E-state index in [1.807, 2.05) is 0 Å². The number of alkyl halides is 3. The topological polar surface area (TPSA) is 78.2 Å². The van der Waals surface area contributed by atoms with Gasteiger partial charge in [-0.2, -0.15) is 18.4 Å². The first-order valence-electron chi connectivity index (χ1n) is 5.17. The molecule has 0 spiro atoms. The smallest absolute Gasteiger partial charge is 0.396 e. The molecule has 0 bridgehead atoms. The maximum atomic E-state index is 12.7. The van der Waals surface area contributed by atoms with Crippen LogP contribution in [-0.4, -0.2) is 25.9 Å². The van der Waals surface area contributed by atoms with Crippen molar-refractivity contribution < 1.29 is 26.7 Å². The van der Waals surface area contributed by atoms with Gasteiger partial charge in [-0.3, -0.25) is 0 Å². The molecule has 0 atom stereocenters. The highest BCUT2D eigenvalue weighted by molar-refractivity contribution is 7.91. The van der Waals surface area contributed by atoms with E-state index < -0.39 is 37.8 Å². The average Bonchev–Trinajstić information content (AvgIpc) is 2.34. The van der Waals surface area contributed by atoms with Crippen LogP contribution < -0.4 is 0 Å². The predicted molar refractivity (Wildman–Crippen MR) is 59.9 cm³/mol. The summed E-state index contributed by atoms with van der Waals surface area (Å²) in [6.45, 7) is -0.373. The van der Waals surface area contributed by atoms with Crippen molar-refractivity contribution in [3.63, 3.8) is 0 Å². The Morgan fingerprint density at radius 2 is 1.95 bits per heavy atom. The zero-order valence-electron chi connectivity index (χ0n) is 9.61. The number of benzene rings is 1. The van der Waals surface area contributed by atoms with E-state index in [4.69, 9.17) is 10.4 Å². The van der Waals surface area contributed by atoms with E-state index >= 15 is 0 Å². The molecule has 0 aliphatic carbocycles. The molecule has 0 saturated heterocycles. The van der Waals surface area contributed by atoms with E-state index in [0.717, 1.165) is 12.1 Å². The molecule has 4 nitrogen and oxygen atoms in total. The molecular weight excluding hydrogens is 283 g/mol. The van der Waals surface area contributed by atoms with Crippen LogP contribution in [-0.2, 0) is 16.0 Å². The number of aliphatic hydroxyl groups is 1. The molecule has 0 aliphatic rings. The molecule has 0 aliphatic heterocycles. The highest BCUT2D eigenvalue weighted by atomic mass is 32.2. The van der Waals surface area contributed by atoms with Gasteiger partial charge in [-0.05, 0) is 24.6 Å². The number of hydrogen-bond acceptors (Lipinski definition) is 4. The van der Waals surface area contributed by atoms with Crippen molar-refractivity contribution in [3.05, 3.63) is 29.3 Å². The monoisotopic (exact) mass is 293 g/mol. The molecule has 0 amide bonds. The van der Waals surface area contributed by atoms with Crippen LogP contribution in [0.3, 0.4) is 0 Å². The number of hydrogen-bond donors (Lipinski definition) is 1.